The van der Waals surface area contributed by atoms with E-state index in [1.807, 2.05) is 4.68 Å². The van der Waals surface area contributed by atoms with Gasteiger partial charge in [-0.3, -0.25) is 0 Å². The number of halogens is 5. The molecule has 0 fully saturated rings. The third-order valence-corrected chi connectivity index (χ3v) is 5.34. The standard InChI is InChI=1S/C12H18Cl5N3/c1-3-5-7-9-10(11(13,14)12(15,16)17)18-19-20(9)8-6-4-2/h3-8H2,1-2H3. The summed E-state index contributed by atoms with van der Waals surface area (Å²) in [6.07, 6.45) is 4.80. The van der Waals surface area contributed by atoms with Gasteiger partial charge in [0, 0.05) is 6.54 Å². The molecular weight excluding hydrogens is 363 g/mol. The number of aromatic nitrogens is 3. The van der Waals surface area contributed by atoms with Gasteiger partial charge in [-0.05, 0) is 19.3 Å². The quantitative estimate of drug-likeness (QED) is 0.590. The summed E-state index contributed by atoms with van der Waals surface area (Å²) >= 11 is 30.1. The minimum atomic E-state index is -1.87. The van der Waals surface area contributed by atoms with Gasteiger partial charge in [0.1, 0.15) is 5.69 Å². The Morgan fingerprint density at radius 2 is 1.60 bits per heavy atom. The molecule has 0 N–H and O–H groups in total. The average molecular weight is 382 g/mol. The zero-order chi connectivity index (χ0) is 15.4. The lowest BCUT2D eigenvalue weighted by atomic mass is 10.1. The second kappa shape index (κ2) is 7.73. The van der Waals surface area contributed by atoms with Gasteiger partial charge in [0.05, 0.1) is 5.69 Å². The van der Waals surface area contributed by atoms with Crippen molar-refractivity contribution >= 4 is 58.0 Å². The number of nitrogens with zero attached hydrogens (tertiary/aromatic N) is 3. The van der Waals surface area contributed by atoms with Crippen molar-refractivity contribution in [3.05, 3.63) is 11.4 Å². The van der Waals surface area contributed by atoms with Gasteiger partial charge >= 0.3 is 0 Å². The van der Waals surface area contributed by atoms with E-state index in [0.717, 1.165) is 44.3 Å². The first kappa shape index (κ1) is 18.6. The molecule has 0 radical (unpaired) electrons. The van der Waals surface area contributed by atoms with Crippen molar-refractivity contribution in [2.75, 3.05) is 0 Å². The summed E-state index contributed by atoms with van der Waals surface area (Å²) in [6, 6.07) is 0. The number of aryl methyl sites for hydroxylation is 1. The molecule has 0 saturated heterocycles. The lowest BCUT2D eigenvalue weighted by molar-refractivity contribution is 0.527. The molecule has 0 aliphatic heterocycles. The number of rotatable bonds is 7. The van der Waals surface area contributed by atoms with Crippen LogP contribution >= 0.6 is 58.0 Å². The molecule has 8 heteroatoms. The molecule has 0 aliphatic rings. The van der Waals surface area contributed by atoms with Crippen LogP contribution in [0, 0.1) is 0 Å². The lowest BCUT2D eigenvalue weighted by Gasteiger charge is -2.26. The van der Waals surface area contributed by atoms with E-state index in [0.29, 0.717) is 5.69 Å². The Morgan fingerprint density at radius 3 is 2.10 bits per heavy atom. The van der Waals surface area contributed by atoms with Crippen molar-refractivity contribution < 1.29 is 0 Å². The number of hydrogen-bond donors (Lipinski definition) is 0. The summed E-state index contributed by atoms with van der Waals surface area (Å²) in [5, 5.41) is 8.16. The largest absolute Gasteiger partial charge is 0.249 e. The summed E-state index contributed by atoms with van der Waals surface area (Å²) < 4.78 is -1.78. The van der Waals surface area contributed by atoms with Crippen molar-refractivity contribution in [3.8, 4) is 0 Å². The molecule has 0 amide bonds. The van der Waals surface area contributed by atoms with Gasteiger partial charge in [-0.25, -0.2) is 4.68 Å². The van der Waals surface area contributed by atoms with Gasteiger partial charge in [0.2, 0.25) is 8.13 Å². The van der Waals surface area contributed by atoms with E-state index in [4.69, 9.17) is 58.0 Å². The lowest BCUT2D eigenvalue weighted by Crippen LogP contribution is -2.30. The molecule has 1 heterocycles. The molecular formula is C12H18Cl5N3. The number of unbranched alkanes of at least 4 members (excludes halogenated alkanes) is 2. The first-order chi connectivity index (χ1) is 9.25. The molecule has 116 valence electrons. The molecule has 1 rings (SSSR count). The topological polar surface area (TPSA) is 30.7 Å². The molecule has 0 atom stereocenters. The van der Waals surface area contributed by atoms with Crippen LogP contribution in [0.15, 0.2) is 0 Å². The molecule has 1 aromatic heterocycles. The minimum Gasteiger partial charge on any atom is -0.249 e. The molecule has 20 heavy (non-hydrogen) atoms. The van der Waals surface area contributed by atoms with Crippen LogP contribution in [-0.2, 0) is 17.3 Å². The van der Waals surface area contributed by atoms with Crippen LogP contribution in [0.2, 0.25) is 0 Å². The van der Waals surface area contributed by atoms with E-state index >= 15 is 0 Å². The molecule has 0 aliphatic carbocycles. The fraction of sp³-hybridized carbons (Fsp3) is 0.833. The maximum Gasteiger partial charge on any atom is 0.228 e. The molecule has 0 spiro atoms. The predicted molar refractivity (Wildman–Crippen MR) is 87.2 cm³/mol. The van der Waals surface area contributed by atoms with Gasteiger partial charge in [0.25, 0.3) is 0 Å². The first-order valence-corrected chi connectivity index (χ1v) is 8.52. The van der Waals surface area contributed by atoms with Gasteiger partial charge in [-0.2, -0.15) is 0 Å². The molecule has 0 bridgehead atoms. The second-order valence-electron chi connectivity index (χ2n) is 4.64. The van der Waals surface area contributed by atoms with E-state index in [1.54, 1.807) is 0 Å². The van der Waals surface area contributed by atoms with Crippen LogP contribution in [0.25, 0.3) is 0 Å². The smallest absolute Gasteiger partial charge is 0.228 e. The van der Waals surface area contributed by atoms with Gasteiger partial charge in [0.15, 0.2) is 0 Å². The van der Waals surface area contributed by atoms with Crippen LogP contribution in [-0.4, -0.2) is 18.8 Å². The fourth-order valence-electron chi connectivity index (χ4n) is 1.79. The maximum absolute atomic E-state index is 6.22. The number of hydrogen-bond acceptors (Lipinski definition) is 2. The van der Waals surface area contributed by atoms with Crippen LogP contribution in [0.4, 0.5) is 0 Å². The highest BCUT2D eigenvalue weighted by Crippen LogP contribution is 2.53. The van der Waals surface area contributed by atoms with Gasteiger partial charge < -0.3 is 0 Å². The molecule has 1 aromatic rings. The summed E-state index contributed by atoms with van der Waals surface area (Å²) in [4.78, 5) is 0. The highest BCUT2D eigenvalue weighted by Gasteiger charge is 2.51. The monoisotopic (exact) mass is 379 g/mol. The van der Waals surface area contributed by atoms with E-state index in [1.165, 1.54) is 0 Å². The van der Waals surface area contributed by atoms with Gasteiger partial charge in [-0.15, -0.1) is 5.10 Å². The summed E-state index contributed by atoms with van der Waals surface area (Å²) in [5.41, 5.74) is 1.18. The Labute approximate surface area is 144 Å². The molecule has 0 aromatic carbocycles. The van der Waals surface area contributed by atoms with Crippen LogP contribution in [0.1, 0.15) is 50.9 Å². The van der Waals surface area contributed by atoms with E-state index < -0.39 is 8.13 Å². The van der Waals surface area contributed by atoms with Crippen molar-refractivity contribution in [2.45, 2.75) is 60.6 Å². The highest BCUT2D eigenvalue weighted by atomic mass is 35.6. The van der Waals surface area contributed by atoms with Crippen molar-refractivity contribution in [1.29, 1.82) is 0 Å². The Hall–Kier alpha value is 0.590. The summed E-state index contributed by atoms with van der Waals surface area (Å²) in [7, 11) is 0. The van der Waals surface area contributed by atoms with Crippen molar-refractivity contribution in [2.24, 2.45) is 0 Å². The number of alkyl halides is 5. The van der Waals surface area contributed by atoms with Crippen LogP contribution in [0.3, 0.4) is 0 Å². The average Bonchev–Trinajstić information content (AvgIpc) is 2.75. The van der Waals surface area contributed by atoms with E-state index in [9.17, 15) is 0 Å². The van der Waals surface area contributed by atoms with Crippen LogP contribution < -0.4 is 0 Å². The molecule has 0 saturated carbocycles. The van der Waals surface area contributed by atoms with Crippen molar-refractivity contribution in [1.82, 2.24) is 15.0 Å². The second-order valence-corrected chi connectivity index (χ2v) is 8.25. The zero-order valence-electron chi connectivity index (χ0n) is 11.5. The third kappa shape index (κ3) is 4.30. The maximum atomic E-state index is 6.22. The van der Waals surface area contributed by atoms with Crippen molar-refractivity contribution in [3.63, 3.8) is 0 Å². The Kier molecular flexibility index (Phi) is 7.21. The zero-order valence-corrected chi connectivity index (χ0v) is 15.3. The Morgan fingerprint density at radius 1 is 1.00 bits per heavy atom. The molecule has 3 nitrogen and oxygen atoms in total. The first-order valence-electron chi connectivity index (χ1n) is 6.63. The van der Waals surface area contributed by atoms with E-state index in [-0.39, 0.29) is 0 Å². The third-order valence-electron chi connectivity index (χ3n) is 2.98. The fourth-order valence-corrected chi connectivity index (χ4v) is 2.35. The van der Waals surface area contributed by atoms with E-state index in [2.05, 4.69) is 24.2 Å². The highest BCUT2D eigenvalue weighted by molar-refractivity contribution is 6.75. The summed E-state index contributed by atoms with van der Waals surface area (Å²) in [6.45, 7) is 4.97. The normalized spacial score (nSPS) is 12.9. The predicted octanol–water partition coefficient (Wildman–Crippen LogP) is 5.42. The van der Waals surface area contributed by atoms with Gasteiger partial charge in [-0.1, -0.05) is 89.9 Å². The molecule has 0 unspecified atom stereocenters. The Balaban J connectivity index is 3.15. The SMILES string of the molecule is CCCCc1c(C(Cl)(Cl)C(Cl)(Cl)Cl)nnn1CCCC. The van der Waals surface area contributed by atoms with Crippen LogP contribution in [0.5, 0.6) is 0 Å². The Bertz CT molecular complexity index is 425. The minimum absolute atomic E-state index is 0.338. The summed E-state index contributed by atoms with van der Waals surface area (Å²) in [5.74, 6) is 0.